The van der Waals surface area contributed by atoms with E-state index in [0.29, 0.717) is 0 Å². The van der Waals surface area contributed by atoms with Gasteiger partial charge in [-0.15, -0.1) is 0 Å². The van der Waals surface area contributed by atoms with Gasteiger partial charge in [-0.25, -0.2) is 4.21 Å². The molecule has 1 nitrogen and oxygen atoms in total. The molecule has 88 valence electrons. The molecule has 0 radical (unpaired) electrons. The van der Waals surface area contributed by atoms with Gasteiger partial charge in [-0.2, -0.15) is 0 Å². The first-order chi connectivity index (χ1) is 7.63. The number of benzene rings is 1. The molecule has 1 rings (SSSR count). The second-order valence-electron chi connectivity index (χ2n) is 3.87. The van der Waals surface area contributed by atoms with Crippen LogP contribution in [0, 0.1) is 6.92 Å². The average Bonchev–Trinajstić information content (AvgIpc) is 2.27. The molecule has 0 aliphatic rings. The summed E-state index contributed by atoms with van der Waals surface area (Å²) in [7, 11) is -0.990. The SMILES string of the molecule is C/C(=C\S(=O)c1ccc(C)cc1)CCCI. The number of hydrogen-bond donors (Lipinski definition) is 0. The monoisotopic (exact) mass is 348 g/mol. The van der Waals surface area contributed by atoms with Gasteiger partial charge in [-0.1, -0.05) is 45.9 Å². The van der Waals surface area contributed by atoms with Crippen molar-refractivity contribution in [3.8, 4) is 0 Å². The zero-order chi connectivity index (χ0) is 12.0. The van der Waals surface area contributed by atoms with Crippen LogP contribution in [-0.4, -0.2) is 8.64 Å². The molecule has 0 aliphatic heterocycles. The fourth-order valence-corrected chi connectivity index (χ4v) is 2.73. The molecular weight excluding hydrogens is 331 g/mol. The van der Waals surface area contributed by atoms with Crippen LogP contribution in [0.2, 0.25) is 0 Å². The predicted molar refractivity (Wildman–Crippen MR) is 79.5 cm³/mol. The third-order valence-electron chi connectivity index (χ3n) is 2.27. The summed E-state index contributed by atoms with van der Waals surface area (Å²) in [5.74, 6) is 0. The van der Waals surface area contributed by atoms with Crippen LogP contribution in [0.3, 0.4) is 0 Å². The summed E-state index contributed by atoms with van der Waals surface area (Å²) in [5.41, 5.74) is 2.42. The van der Waals surface area contributed by atoms with Crippen molar-refractivity contribution in [2.24, 2.45) is 0 Å². The van der Waals surface area contributed by atoms with E-state index in [2.05, 4.69) is 29.5 Å². The van der Waals surface area contributed by atoms with Crippen molar-refractivity contribution >= 4 is 33.4 Å². The number of halogens is 1. The van der Waals surface area contributed by atoms with Crippen LogP contribution in [0.5, 0.6) is 0 Å². The molecular formula is C13H17IOS. The maximum atomic E-state index is 12.0. The van der Waals surface area contributed by atoms with Crippen molar-refractivity contribution in [3.05, 3.63) is 40.8 Å². The molecule has 0 spiro atoms. The van der Waals surface area contributed by atoms with Gasteiger partial charge < -0.3 is 0 Å². The van der Waals surface area contributed by atoms with Crippen LogP contribution < -0.4 is 0 Å². The Labute approximate surface area is 114 Å². The molecule has 0 bridgehead atoms. The Hall–Kier alpha value is -0.160. The third kappa shape index (κ3) is 4.78. The summed E-state index contributed by atoms with van der Waals surface area (Å²) in [6.45, 7) is 4.09. The molecule has 0 aliphatic carbocycles. The van der Waals surface area contributed by atoms with Crippen LogP contribution in [0.1, 0.15) is 25.3 Å². The van der Waals surface area contributed by atoms with E-state index in [9.17, 15) is 4.21 Å². The number of allylic oxidation sites excluding steroid dienone is 1. The lowest BCUT2D eigenvalue weighted by molar-refractivity contribution is 0.688. The van der Waals surface area contributed by atoms with Crippen molar-refractivity contribution in [2.45, 2.75) is 31.6 Å². The largest absolute Gasteiger partial charge is 0.250 e. The molecule has 0 amide bonds. The Morgan fingerprint density at radius 1 is 1.38 bits per heavy atom. The highest BCUT2D eigenvalue weighted by molar-refractivity contribution is 14.1. The molecule has 1 atom stereocenters. The van der Waals surface area contributed by atoms with E-state index in [1.54, 1.807) is 0 Å². The summed E-state index contributed by atoms with van der Waals surface area (Å²) in [6, 6.07) is 7.88. The standard InChI is InChI=1S/C13H17IOS/c1-11-5-7-13(8-6-11)16(15)10-12(2)4-3-9-14/h5-8,10H,3-4,9H2,1-2H3/b12-10+. The van der Waals surface area contributed by atoms with Gasteiger partial charge >= 0.3 is 0 Å². The van der Waals surface area contributed by atoms with E-state index >= 15 is 0 Å². The molecule has 1 aromatic carbocycles. The van der Waals surface area contributed by atoms with E-state index < -0.39 is 10.8 Å². The minimum absolute atomic E-state index is 0.888. The van der Waals surface area contributed by atoms with Gasteiger partial charge in [0.2, 0.25) is 0 Å². The highest BCUT2D eigenvalue weighted by Crippen LogP contribution is 2.13. The molecule has 0 aromatic heterocycles. The summed E-state index contributed by atoms with van der Waals surface area (Å²) in [4.78, 5) is 0.888. The van der Waals surface area contributed by atoms with Gasteiger partial charge in [-0.05, 0) is 43.2 Å². The smallest absolute Gasteiger partial charge is 0.0775 e. The molecule has 16 heavy (non-hydrogen) atoms. The van der Waals surface area contributed by atoms with Crippen LogP contribution in [0.15, 0.2) is 40.1 Å². The molecule has 1 unspecified atom stereocenters. The normalized spacial score (nSPS) is 13.8. The van der Waals surface area contributed by atoms with Crippen molar-refractivity contribution < 1.29 is 4.21 Å². The molecule has 0 saturated carbocycles. The van der Waals surface area contributed by atoms with Crippen LogP contribution in [-0.2, 0) is 10.8 Å². The topological polar surface area (TPSA) is 17.1 Å². The zero-order valence-electron chi connectivity index (χ0n) is 9.70. The Morgan fingerprint density at radius 2 is 2.00 bits per heavy atom. The Bertz CT molecular complexity index is 381. The number of hydrogen-bond acceptors (Lipinski definition) is 1. The van der Waals surface area contributed by atoms with E-state index in [4.69, 9.17) is 0 Å². The Balaban J connectivity index is 2.67. The van der Waals surface area contributed by atoms with E-state index in [-0.39, 0.29) is 0 Å². The number of rotatable bonds is 5. The lowest BCUT2D eigenvalue weighted by Crippen LogP contribution is -1.89. The molecule has 0 N–H and O–H groups in total. The lowest BCUT2D eigenvalue weighted by atomic mass is 10.2. The van der Waals surface area contributed by atoms with Crippen molar-refractivity contribution in [3.63, 3.8) is 0 Å². The first kappa shape index (κ1) is 13.9. The van der Waals surface area contributed by atoms with Crippen LogP contribution in [0.4, 0.5) is 0 Å². The summed E-state index contributed by atoms with van der Waals surface area (Å²) < 4.78 is 13.1. The Morgan fingerprint density at radius 3 is 2.56 bits per heavy atom. The average molecular weight is 348 g/mol. The van der Waals surface area contributed by atoms with Gasteiger partial charge in [-0.3, -0.25) is 0 Å². The minimum Gasteiger partial charge on any atom is -0.250 e. The van der Waals surface area contributed by atoms with Gasteiger partial charge in [0.05, 0.1) is 10.8 Å². The quantitative estimate of drug-likeness (QED) is 0.575. The van der Waals surface area contributed by atoms with Gasteiger partial charge in [0.25, 0.3) is 0 Å². The molecule has 0 heterocycles. The fraction of sp³-hybridized carbons (Fsp3) is 0.385. The Kier molecular flexibility index (Phi) is 6.28. The second kappa shape index (κ2) is 7.22. The van der Waals surface area contributed by atoms with Crippen LogP contribution in [0.25, 0.3) is 0 Å². The third-order valence-corrected chi connectivity index (χ3v) is 4.38. The van der Waals surface area contributed by atoms with Crippen molar-refractivity contribution in [1.29, 1.82) is 0 Å². The van der Waals surface area contributed by atoms with Gasteiger partial charge in [0, 0.05) is 10.3 Å². The highest BCUT2D eigenvalue weighted by atomic mass is 127. The van der Waals surface area contributed by atoms with Crippen LogP contribution >= 0.6 is 22.6 Å². The fourth-order valence-electron chi connectivity index (χ4n) is 1.33. The van der Waals surface area contributed by atoms with E-state index in [1.165, 1.54) is 11.1 Å². The highest BCUT2D eigenvalue weighted by Gasteiger charge is 2.00. The summed E-state index contributed by atoms with van der Waals surface area (Å²) >= 11 is 2.37. The van der Waals surface area contributed by atoms with Gasteiger partial charge in [0.15, 0.2) is 0 Å². The molecule has 0 saturated heterocycles. The van der Waals surface area contributed by atoms with Gasteiger partial charge in [0.1, 0.15) is 0 Å². The second-order valence-corrected chi connectivity index (χ2v) is 6.25. The summed E-state index contributed by atoms with van der Waals surface area (Å²) in [6.07, 6.45) is 2.20. The van der Waals surface area contributed by atoms with E-state index in [0.717, 1.165) is 22.2 Å². The molecule has 0 fully saturated rings. The predicted octanol–water partition coefficient (Wildman–Crippen LogP) is 4.22. The first-order valence-electron chi connectivity index (χ1n) is 5.34. The number of alkyl halides is 1. The maximum Gasteiger partial charge on any atom is 0.0775 e. The van der Waals surface area contributed by atoms with Crippen molar-refractivity contribution in [1.82, 2.24) is 0 Å². The molecule has 1 aromatic rings. The maximum absolute atomic E-state index is 12.0. The lowest BCUT2D eigenvalue weighted by Gasteiger charge is -2.01. The van der Waals surface area contributed by atoms with E-state index in [1.807, 2.05) is 36.6 Å². The number of aryl methyl sites for hydroxylation is 1. The zero-order valence-corrected chi connectivity index (χ0v) is 12.7. The summed E-state index contributed by atoms with van der Waals surface area (Å²) in [5, 5.41) is 1.87. The minimum atomic E-state index is -0.990. The van der Waals surface area contributed by atoms with Crippen molar-refractivity contribution in [2.75, 3.05) is 4.43 Å². The first-order valence-corrected chi connectivity index (χ1v) is 8.08. The molecule has 3 heteroatoms.